The molecular weight excluding hydrogens is 408 g/mol. The van der Waals surface area contributed by atoms with Crippen molar-refractivity contribution in [1.82, 2.24) is 24.8 Å². The number of ether oxygens (including phenoxy) is 1. The smallest absolute Gasteiger partial charge is 0.340 e. The number of hydrogen-bond acceptors (Lipinski definition) is 7. The molecule has 4 aromatic rings. The van der Waals surface area contributed by atoms with Gasteiger partial charge in [-0.15, -0.1) is 0 Å². The molecule has 0 saturated heterocycles. The van der Waals surface area contributed by atoms with Gasteiger partial charge < -0.3 is 24.5 Å². The summed E-state index contributed by atoms with van der Waals surface area (Å²) in [6.07, 6.45) is 3.25. The molecule has 4 rings (SSSR count). The van der Waals surface area contributed by atoms with Crippen LogP contribution in [0.2, 0.25) is 0 Å². The van der Waals surface area contributed by atoms with Gasteiger partial charge in [-0.05, 0) is 39.2 Å². The first-order valence-electron chi connectivity index (χ1n) is 10.4. The second kappa shape index (κ2) is 8.80. The Hall–Kier alpha value is -3.72. The number of nitrogens with zero attached hydrogens (tertiary/aromatic N) is 4. The third kappa shape index (κ3) is 4.06. The molecule has 0 aliphatic carbocycles. The molecule has 0 bridgehead atoms. The van der Waals surface area contributed by atoms with E-state index >= 15 is 0 Å². The Kier molecular flexibility index (Phi) is 5.91. The summed E-state index contributed by atoms with van der Waals surface area (Å²) in [7, 11) is 6.01. The first-order chi connectivity index (χ1) is 15.4. The average Bonchev–Trinajstić information content (AvgIpc) is 3.24. The maximum atomic E-state index is 12.5. The van der Waals surface area contributed by atoms with E-state index in [4.69, 9.17) is 9.72 Å². The fraction of sp³-hybridized carbons (Fsp3) is 0.304. The van der Waals surface area contributed by atoms with Gasteiger partial charge in [0.05, 0.1) is 17.9 Å². The molecule has 0 aliphatic heterocycles. The minimum atomic E-state index is -0.470. The summed E-state index contributed by atoms with van der Waals surface area (Å²) in [5.74, 6) is 0.160. The number of fused-ring (bicyclic) bond motifs is 3. The van der Waals surface area contributed by atoms with Gasteiger partial charge >= 0.3 is 5.97 Å². The summed E-state index contributed by atoms with van der Waals surface area (Å²) in [6, 6.07) is 7.49. The van der Waals surface area contributed by atoms with Crippen LogP contribution in [-0.4, -0.2) is 71.6 Å². The Morgan fingerprint density at radius 3 is 2.72 bits per heavy atom. The lowest BCUT2D eigenvalue weighted by Crippen LogP contribution is -2.29. The Balaban J connectivity index is 1.82. The van der Waals surface area contributed by atoms with E-state index in [1.165, 1.54) is 6.20 Å². The first kappa shape index (κ1) is 21.5. The van der Waals surface area contributed by atoms with Crippen LogP contribution in [0.5, 0.6) is 0 Å². The van der Waals surface area contributed by atoms with Crippen molar-refractivity contribution in [2.24, 2.45) is 0 Å². The number of esters is 1. The lowest BCUT2D eigenvalue weighted by atomic mass is 10.0. The average molecular weight is 435 g/mol. The molecule has 3 aromatic heterocycles. The number of aromatic nitrogens is 4. The van der Waals surface area contributed by atoms with Crippen molar-refractivity contribution < 1.29 is 9.53 Å². The number of anilines is 1. The van der Waals surface area contributed by atoms with Crippen LogP contribution in [0, 0.1) is 0 Å². The second-order valence-electron chi connectivity index (χ2n) is 7.85. The zero-order valence-corrected chi connectivity index (χ0v) is 18.6. The Morgan fingerprint density at radius 1 is 1.16 bits per heavy atom. The molecule has 0 unspecified atom stereocenters. The number of nitrogens with one attached hydrogen (secondary N) is 2. The van der Waals surface area contributed by atoms with Crippen LogP contribution < -0.4 is 10.5 Å². The van der Waals surface area contributed by atoms with Crippen molar-refractivity contribution in [3.63, 3.8) is 0 Å². The van der Waals surface area contributed by atoms with Gasteiger partial charge in [0.2, 0.25) is 5.95 Å². The maximum absolute atomic E-state index is 12.5. The van der Waals surface area contributed by atoms with Gasteiger partial charge in [0.25, 0.3) is 5.56 Å². The summed E-state index contributed by atoms with van der Waals surface area (Å²) >= 11 is 0. The first-order valence-corrected chi connectivity index (χ1v) is 10.4. The van der Waals surface area contributed by atoms with Crippen molar-refractivity contribution >= 4 is 33.7 Å². The van der Waals surface area contributed by atoms with Crippen LogP contribution in [0.25, 0.3) is 33.1 Å². The molecule has 9 heteroatoms. The predicted octanol–water partition coefficient (Wildman–Crippen LogP) is 2.64. The number of pyridine rings is 1. The van der Waals surface area contributed by atoms with Gasteiger partial charge in [-0.2, -0.15) is 0 Å². The Labute approximate surface area is 185 Å². The molecular formula is C23H26N6O3. The largest absolute Gasteiger partial charge is 0.462 e. The van der Waals surface area contributed by atoms with Crippen LogP contribution in [0.4, 0.5) is 5.95 Å². The summed E-state index contributed by atoms with van der Waals surface area (Å²) in [6.45, 7) is 3.68. The molecule has 0 radical (unpaired) electrons. The highest BCUT2D eigenvalue weighted by Crippen LogP contribution is 2.29. The number of H-pyrrole nitrogens is 2. The van der Waals surface area contributed by atoms with Crippen LogP contribution in [0.15, 0.2) is 41.5 Å². The molecule has 166 valence electrons. The van der Waals surface area contributed by atoms with Crippen molar-refractivity contribution in [2.75, 3.05) is 45.7 Å². The van der Waals surface area contributed by atoms with E-state index in [9.17, 15) is 9.59 Å². The second-order valence-corrected chi connectivity index (χ2v) is 7.85. The number of carbonyl (C=O) groups excluding carboxylic acids is 1. The van der Waals surface area contributed by atoms with E-state index in [0.717, 1.165) is 29.7 Å². The molecule has 0 fully saturated rings. The minimum absolute atomic E-state index is 0.253. The van der Waals surface area contributed by atoms with Crippen LogP contribution in [0.1, 0.15) is 17.3 Å². The minimum Gasteiger partial charge on any atom is -0.462 e. The number of rotatable bonds is 7. The topological polar surface area (TPSA) is 107 Å². The molecule has 3 heterocycles. The van der Waals surface area contributed by atoms with Crippen LogP contribution in [-0.2, 0) is 4.74 Å². The molecule has 9 nitrogen and oxygen atoms in total. The zero-order valence-electron chi connectivity index (χ0n) is 18.6. The molecule has 32 heavy (non-hydrogen) atoms. The lowest BCUT2D eigenvalue weighted by Gasteiger charge is -2.19. The molecule has 1 aromatic carbocycles. The van der Waals surface area contributed by atoms with Crippen LogP contribution in [0.3, 0.4) is 0 Å². The summed E-state index contributed by atoms with van der Waals surface area (Å²) < 4.78 is 5.18. The normalized spacial score (nSPS) is 11.4. The van der Waals surface area contributed by atoms with Crippen molar-refractivity contribution in [2.45, 2.75) is 6.92 Å². The molecule has 0 atom stereocenters. The number of hydrogen-bond donors (Lipinski definition) is 2. The third-order valence-corrected chi connectivity index (χ3v) is 5.30. The fourth-order valence-corrected chi connectivity index (χ4v) is 3.60. The maximum Gasteiger partial charge on any atom is 0.340 e. The van der Waals surface area contributed by atoms with Gasteiger partial charge in [-0.1, -0.05) is 6.07 Å². The van der Waals surface area contributed by atoms with E-state index in [-0.39, 0.29) is 12.2 Å². The highest BCUT2D eigenvalue weighted by Gasteiger charge is 2.18. The highest BCUT2D eigenvalue weighted by atomic mass is 16.5. The van der Waals surface area contributed by atoms with E-state index in [1.807, 2.05) is 50.3 Å². The number of benzene rings is 1. The van der Waals surface area contributed by atoms with Crippen molar-refractivity contribution in [3.8, 4) is 11.3 Å². The van der Waals surface area contributed by atoms with Crippen LogP contribution >= 0.6 is 0 Å². The number of aromatic amines is 2. The van der Waals surface area contributed by atoms with Gasteiger partial charge in [0, 0.05) is 54.4 Å². The number of likely N-dealkylation sites (N-methyl/N-ethyl adjacent to an activating group) is 2. The van der Waals surface area contributed by atoms with Gasteiger partial charge in [0.15, 0.2) is 0 Å². The zero-order chi connectivity index (χ0) is 22.8. The lowest BCUT2D eigenvalue weighted by molar-refractivity contribution is 0.0529. The Morgan fingerprint density at radius 2 is 1.97 bits per heavy atom. The van der Waals surface area contributed by atoms with Crippen molar-refractivity contribution in [3.05, 3.63) is 52.6 Å². The van der Waals surface area contributed by atoms with Gasteiger partial charge in [-0.25, -0.2) is 14.8 Å². The number of carbonyl (C=O) groups is 1. The summed E-state index contributed by atoms with van der Waals surface area (Å²) in [4.78, 5) is 44.0. The van der Waals surface area contributed by atoms with Gasteiger partial charge in [0.1, 0.15) is 5.52 Å². The van der Waals surface area contributed by atoms with E-state index < -0.39 is 5.97 Å². The standard InChI is InChI=1S/C23H26N6O3/c1-5-32-22(31)16-13-25-20-19(16)15-12-14(6-7-18(15)26-21(20)30)17-8-9-24-23(27-17)29(4)11-10-28(2)3/h6-9,12-13,25H,5,10-11H2,1-4H3,(H,26,30). The molecule has 0 amide bonds. The van der Waals surface area contributed by atoms with E-state index in [0.29, 0.717) is 27.9 Å². The quantitative estimate of drug-likeness (QED) is 0.431. The molecule has 0 spiro atoms. The summed E-state index contributed by atoms with van der Waals surface area (Å²) in [5, 5.41) is 1.28. The third-order valence-electron chi connectivity index (χ3n) is 5.30. The fourth-order valence-electron chi connectivity index (χ4n) is 3.60. The van der Waals surface area contributed by atoms with E-state index in [2.05, 4.69) is 19.9 Å². The summed E-state index contributed by atoms with van der Waals surface area (Å²) in [5.41, 5.74) is 2.62. The predicted molar refractivity (Wildman–Crippen MR) is 125 cm³/mol. The molecule has 2 N–H and O–H groups in total. The molecule has 0 saturated carbocycles. The SMILES string of the molecule is CCOC(=O)c1c[nH]c2c(=O)[nH]c3ccc(-c4ccnc(N(C)CCN(C)C)n4)cc3c12. The Bertz CT molecular complexity index is 1340. The van der Waals surface area contributed by atoms with Gasteiger partial charge in [-0.3, -0.25) is 4.79 Å². The monoisotopic (exact) mass is 434 g/mol. The highest BCUT2D eigenvalue weighted by molar-refractivity contribution is 6.15. The molecule has 0 aliphatic rings. The van der Waals surface area contributed by atoms with E-state index in [1.54, 1.807) is 13.1 Å². The van der Waals surface area contributed by atoms with Crippen molar-refractivity contribution in [1.29, 1.82) is 0 Å².